The van der Waals surface area contributed by atoms with Gasteiger partial charge < -0.3 is 14.6 Å². The summed E-state index contributed by atoms with van der Waals surface area (Å²) in [6.07, 6.45) is 3.03. The van der Waals surface area contributed by atoms with Crippen LogP contribution in [-0.4, -0.2) is 83.4 Å². The third-order valence-corrected chi connectivity index (χ3v) is 9.19. The number of rotatable bonds is 8. The van der Waals surface area contributed by atoms with Gasteiger partial charge in [-0.05, 0) is 55.9 Å². The Labute approximate surface area is 248 Å². The number of sulfonamides is 1. The number of furan rings is 1. The summed E-state index contributed by atoms with van der Waals surface area (Å²) in [5, 5.41) is 7.71. The van der Waals surface area contributed by atoms with Crippen LogP contribution < -0.4 is 15.6 Å². The Morgan fingerprint density at radius 1 is 1.00 bits per heavy atom. The molecule has 0 spiro atoms. The van der Waals surface area contributed by atoms with Crippen molar-refractivity contribution in [1.82, 2.24) is 28.8 Å². The molecular weight excluding hydrogens is 570 g/mol. The van der Waals surface area contributed by atoms with Gasteiger partial charge in [0.2, 0.25) is 21.9 Å². The second-order valence-electron chi connectivity index (χ2n) is 10.2. The molecule has 3 aromatic heterocycles. The summed E-state index contributed by atoms with van der Waals surface area (Å²) in [5.74, 6) is 0.754. The fourth-order valence-electron chi connectivity index (χ4n) is 4.92. The van der Waals surface area contributed by atoms with Crippen molar-refractivity contribution in [3.63, 3.8) is 0 Å². The molecular formula is C29H31N9O4S. The molecule has 0 saturated carbocycles. The van der Waals surface area contributed by atoms with Crippen LogP contribution >= 0.6 is 0 Å². The number of carbonyl (C=O) groups is 1. The first-order valence-corrected chi connectivity index (χ1v) is 15.1. The van der Waals surface area contributed by atoms with Gasteiger partial charge in [-0.25, -0.2) is 23.1 Å². The number of piperazine rings is 1. The number of fused-ring (bicyclic) bond motifs is 1. The lowest BCUT2D eigenvalue weighted by Crippen LogP contribution is -2.47. The van der Waals surface area contributed by atoms with Gasteiger partial charge >= 0.3 is 0 Å². The zero-order valence-corrected chi connectivity index (χ0v) is 24.7. The van der Waals surface area contributed by atoms with E-state index in [2.05, 4.69) is 25.5 Å². The van der Waals surface area contributed by atoms with Crippen LogP contribution in [-0.2, 0) is 10.0 Å². The van der Waals surface area contributed by atoms with Crippen LogP contribution in [0.1, 0.15) is 16.1 Å². The molecule has 1 saturated heterocycles. The molecule has 1 fully saturated rings. The quantitative estimate of drug-likeness (QED) is 0.271. The van der Waals surface area contributed by atoms with Crippen LogP contribution in [0.2, 0.25) is 0 Å². The molecule has 6 rings (SSSR count). The molecule has 43 heavy (non-hydrogen) atoms. The lowest BCUT2D eigenvalue weighted by Gasteiger charge is -2.31. The van der Waals surface area contributed by atoms with Crippen molar-refractivity contribution in [3.8, 4) is 0 Å². The Bertz CT molecular complexity index is 1880. The number of likely N-dealkylation sites (N-methyl/N-ethyl adjacent to an activating group) is 1. The first kappa shape index (κ1) is 28.3. The van der Waals surface area contributed by atoms with E-state index in [1.54, 1.807) is 65.4 Å². The lowest BCUT2D eigenvalue weighted by atomic mass is 10.2. The van der Waals surface area contributed by atoms with Crippen molar-refractivity contribution in [3.05, 3.63) is 84.4 Å². The van der Waals surface area contributed by atoms with Crippen molar-refractivity contribution < 1.29 is 17.6 Å². The van der Waals surface area contributed by atoms with Crippen LogP contribution in [0.5, 0.6) is 0 Å². The van der Waals surface area contributed by atoms with E-state index in [0.29, 0.717) is 37.7 Å². The van der Waals surface area contributed by atoms with E-state index >= 15 is 0 Å². The molecule has 2 N–H and O–H groups in total. The molecule has 1 aliphatic heterocycles. The standard InChI is InChI=1S/C29H31N9O4S/c1-20-7-4-10-23-26(20)33-29(34-27(39)24-11-6-18-42-24)38(23)36(3)25-12-13-30-28(32-25)31-21-8-5-9-22(19-21)43(40,41)37-16-14-35(2)15-17-37/h4-13,18-19H,14-17H2,1-3H3,(H,30,31,32)(H,33,34,39). The number of aromatic nitrogens is 4. The summed E-state index contributed by atoms with van der Waals surface area (Å²) in [5.41, 5.74) is 2.95. The number of aryl methyl sites for hydroxylation is 1. The Morgan fingerprint density at radius 3 is 2.56 bits per heavy atom. The molecule has 4 heterocycles. The summed E-state index contributed by atoms with van der Waals surface area (Å²) in [6, 6.07) is 17.3. The maximum atomic E-state index is 13.3. The third-order valence-electron chi connectivity index (χ3n) is 7.30. The minimum atomic E-state index is -3.64. The average molecular weight is 602 g/mol. The first-order valence-electron chi connectivity index (χ1n) is 13.7. The zero-order valence-electron chi connectivity index (χ0n) is 23.9. The fourth-order valence-corrected chi connectivity index (χ4v) is 6.38. The molecule has 0 atom stereocenters. The van der Waals surface area contributed by atoms with Crippen LogP contribution in [0, 0.1) is 6.92 Å². The van der Waals surface area contributed by atoms with E-state index in [1.807, 2.05) is 32.2 Å². The molecule has 13 nitrogen and oxygen atoms in total. The molecule has 222 valence electrons. The minimum Gasteiger partial charge on any atom is -0.459 e. The normalized spacial score (nSPS) is 14.6. The number of hydrogen-bond acceptors (Lipinski definition) is 10. The molecule has 0 bridgehead atoms. The van der Waals surface area contributed by atoms with E-state index in [9.17, 15) is 13.2 Å². The zero-order chi connectivity index (χ0) is 30.1. The number of carbonyl (C=O) groups excluding carboxylic acids is 1. The second kappa shape index (κ2) is 11.5. The van der Waals surface area contributed by atoms with Gasteiger partial charge in [0, 0.05) is 51.2 Å². The highest BCUT2D eigenvalue weighted by atomic mass is 32.2. The predicted molar refractivity (Wildman–Crippen MR) is 163 cm³/mol. The lowest BCUT2D eigenvalue weighted by molar-refractivity contribution is 0.0995. The number of benzene rings is 2. The SMILES string of the molecule is Cc1cccc2c1nc(NC(=O)c1ccco1)n2N(C)c1ccnc(Nc2cccc(S(=O)(=O)N3CCN(C)CC3)c2)n1. The van der Waals surface area contributed by atoms with Gasteiger partial charge in [-0.3, -0.25) is 15.1 Å². The maximum Gasteiger partial charge on any atom is 0.293 e. The van der Waals surface area contributed by atoms with Gasteiger partial charge in [0.1, 0.15) is 0 Å². The van der Waals surface area contributed by atoms with E-state index in [0.717, 1.165) is 16.6 Å². The fraction of sp³-hybridized carbons (Fsp3) is 0.241. The Hall–Kier alpha value is -4.79. The summed E-state index contributed by atoms with van der Waals surface area (Å²) in [4.78, 5) is 28.9. The Morgan fingerprint density at radius 2 is 1.79 bits per heavy atom. The summed E-state index contributed by atoms with van der Waals surface area (Å²) < 4.78 is 35.1. The maximum absolute atomic E-state index is 13.3. The van der Waals surface area contributed by atoms with Gasteiger partial charge in [-0.15, -0.1) is 0 Å². The molecule has 2 aromatic carbocycles. The third kappa shape index (κ3) is 5.67. The number of nitrogens with zero attached hydrogens (tertiary/aromatic N) is 7. The molecule has 0 aliphatic carbocycles. The Kier molecular flexibility index (Phi) is 7.56. The summed E-state index contributed by atoms with van der Waals surface area (Å²) in [7, 11) is 0.133. The van der Waals surface area contributed by atoms with E-state index < -0.39 is 15.9 Å². The Balaban J connectivity index is 1.28. The van der Waals surface area contributed by atoms with Crippen LogP contribution in [0.25, 0.3) is 11.0 Å². The molecule has 1 aliphatic rings. The first-order chi connectivity index (χ1) is 20.7. The van der Waals surface area contributed by atoms with Crippen LogP contribution in [0.15, 0.2) is 82.4 Å². The molecule has 5 aromatic rings. The monoisotopic (exact) mass is 601 g/mol. The summed E-state index contributed by atoms with van der Waals surface area (Å²) >= 11 is 0. The predicted octanol–water partition coefficient (Wildman–Crippen LogP) is 3.56. The minimum absolute atomic E-state index is 0.156. The smallest absolute Gasteiger partial charge is 0.293 e. The number of anilines is 4. The molecule has 14 heteroatoms. The van der Waals surface area contributed by atoms with Crippen molar-refractivity contribution in [2.24, 2.45) is 0 Å². The highest BCUT2D eigenvalue weighted by molar-refractivity contribution is 7.89. The van der Waals surface area contributed by atoms with Crippen molar-refractivity contribution in [2.75, 3.05) is 55.9 Å². The van der Waals surface area contributed by atoms with Gasteiger partial charge in [-0.2, -0.15) is 9.29 Å². The van der Waals surface area contributed by atoms with Crippen LogP contribution in [0.3, 0.4) is 0 Å². The number of imidazole rings is 1. The van der Waals surface area contributed by atoms with Gasteiger partial charge in [0.25, 0.3) is 5.91 Å². The topological polar surface area (TPSA) is 142 Å². The van der Waals surface area contributed by atoms with Crippen molar-refractivity contribution in [1.29, 1.82) is 0 Å². The largest absolute Gasteiger partial charge is 0.459 e. The second-order valence-corrected chi connectivity index (χ2v) is 12.2. The van der Waals surface area contributed by atoms with Gasteiger partial charge in [-0.1, -0.05) is 18.2 Å². The van der Waals surface area contributed by atoms with Gasteiger partial charge in [0.05, 0.1) is 22.2 Å². The van der Waals surface area contributed by atoms with E-state index in [1.165, 1.54) is 10.6 Å². The average Bonchev–Trinajstić information content (AvgIpc) is 3.67. The highest BCUT2D eigenvalue weighted by Gasteiger charge is 2.28. The molecule has 1 amide bonds. The van der Waals surface area contributed by atoms with Crippen LogP contribution in [0.4, 0.5) is 23.4 Å². The molecule has 0 radical (unpaired) electrons. The van der Waals surface area contributed by atoms with E-state index in [4.69, 9.17) is 9.40 Å². The molecule has 0 unspecified atom stereocenters. The number of hydrogen-bond donors (Lipinski definition) is 2. The number of amides is 1. The number of nitrogens with one attached hydrogen (secondary N) is 2. The highest BCUT2D eigenvalue weighted by Crippen LogP contribution is 2.27. The van der Waals surface area contributed by atoms with Crippen molar-refractivity contribution in [2.45, 2.75) is 11.8 Å². The van der Waals surface area contributed by atoms with E-state index in [-0.39, 0.29) is 22.6 Å². The van der Waals surface area contributed by atoms with Crippen molar-refractivity contribution >= 4 is 50.4 Å². The number of para-hydroxylation sites is 1. The summed E-state index contributed by atoms with van der Waals surface area (Å²) in [6.45, 7) is 4.21. The van der Waals surface area contributed by atoms with Gasteiger partial charge in [0.15, 0.2) is 11.6 Å².